The van der Waals surface area contributed by atoms with Crippen LogP contribution >= 0.6 is 0 Å². The Balaban J connectivity index is 1.44. The second-order valence-electron chi connectivity index (χ2n) is 10.9. The molecule has 244 valence electrons. The van der Waals surface area contributed by atoms with Crippen LogP contribution in [0.15, 0.2) is 103 Å². The van der Waals surface area contributed by atoms with Crippen molar-refractivity contribution in [3.8, 4) is 0 Å². The molecule has 0 aliphatic carbocycles. The van der Waals surface area contributed by atoms with E-state index in [1.54, 1.807) is 5.01 Å². The van der Waals surface area contributed by atoms with Crippen molar-refractivity contribution >= 4 is 27.7 Å². The number of hydrogen-bond acceptors (Lipinski definition) is 8. The molecule has 1 saturated heterocycles. The summed E-state index contributed by atoms with van der Waals surface area (Å²) in [5, 5.41) is 10.8. The maximum absolute atomic E-state index is 13.7. The van der Waals surface area contributed by atoms with Gasteiger partial charge in [0, 0.05) is 31.1 Å². The Labute approximate surface area is 270 Å². The van der Waals surface area contributed by atoms with E-state index in [0.29, 0.717) is 45.6 Å². The lowest BCUT2D eigenvalue weighted by molar-refractivity contribution is -0.129. The third kappa shape index (κ3) is 12.1. The Morgan fingerprint density at radius 1 is 0.761 bits per heavy atom. The zero-order valence-electron chi connectivity index (χ0n) is 25.6. The summed E-state index contributed by atoms with van der Waals surface area (Å²) in [6.45, 7) is 1.88. The first kappa shape index (κ1) is 34.4. The molecule has 4 rings (SSSR count). The van der Waals surface area contributed by atoms with Gasteiger partial charge in [0.2, 0.25) is 5.91 Å². The predicted molar refractivity (Wildman–Crippen MR) is 176 cm³/mol. The first-order valence-electron chi connectivity index (χ1n) is 15.3. The van der Waals surface area contributed by atoms with Crippen LogP contribution < -0.4 is 21.4 Å². The van der Waals surface area contributed by atoms with Crippen LogP contribution in [0.25, 0.3) is 0 Å². The number of rotatable bonds is 15. The molecule has 1 heterocycles. The van der Waals surface area contributed by atoms with Crippen LogP contribution in [0.5, 0.6) is 0 Å². The number of hydrogen-bond donors (Lipinski definition) is 4. The third-order valence-corrected chi connectivity index (χ3v) is 8.72. The molecular weight excluding hydrogens is 606 g/mol. The van der Waals surface area contributed by atoms with Crippen molar-refractivity contribution in [2.75, 3.05) is 32.1 Å². The van der Waals surface area contributed by atoms with E-state index in [1.165, 1.54) is 6.20 Å². The predicted octanol–water partition coefficient (Wildman–Crippen LogP) is 2.51. The zero-order valence-corrected chi connectivity index (χ0v) is 26.5. The number of nitrogens with zero attached hydrogens (tertiary/aromatic N) is 1. The van der Waals surface area contributed by atoms with Crippen molar-refractivity contribution in [2.24, 2.45) is 0 Å². The highest BCUT2D eigenvalue weighted by molar-refractivity contribution is 7.94. The van der Waals surface area contributed by atoms with Crippen LogP contribution in [0.3, 0.4) is 0 Å². The molecule has 1 fully saturated rings. The molecule has 0 bridgehead atoms. The van der Waals surface area contributed by atoms with E-state index >= 15 is 0 Å². The van der Waals surface area contributed by atoms with Crippen molar-refractivity contribution in [2.45, 2.75) is 37.8 Å². The van der Waals surface area contributed by atoms with E-state index in [0.717, 1.165) is 22.1 Å². The minimum atomic E-state index is -3.57. The summed E-state index contributed by atoms with van der Waals surface area (Å²) in [5.74, 6) is -1.27. The van der Waals surface area contributed by atoms with Gasteiger partial charge in [-0.05, 0) is 36.0 Å². The fourth-order valence-electron chi connectivity index (χ4n) is 4.85. The Hall–Kier alpha value is -4.52. The molecule has 1 aliphatic rings. The minimum absolute atomic E-state index is 0.0814. The van der Waals surface area contributed by atoms with E-state index in [-0.39, 0.29) is 12.2 Å². The molecule has 2 atom stereocenters. The largest absolute Gasteiger partial charge is 0.379 e. The zero-order chi connectivity index (χ0) is 32.6. The quantitative estimate of drug-likeness (QED) is 0.197. The number of sulfone groups is 1. The number of carbonyl (C=O) groups is 3. The topological polar surface area (TPSA) is 146 Å². The van der Waals surface area contributed by atoms with E-state index in [1.807, 2.05) is 91.0 Å². The maximum atomic E-state index is 13.7. The van der Waals surface area contributed by atoms with Gasteiger partial charge in [-0.1, -0.05) is 91.0 Å². The second-order valence-corrected chi connectivity index (χ2v) is 12.9. The Kier molecular flexibility index (Phi) is 13.3. The van der Waals surface area contributed by atoms with Gasteiger partial charge < -0.3 is 15.4 Å². The van der Waals surface area contributed by atoms with Crippen molar-refractivity contribution in [1.82, 2.24) is 26.4 Å². The van der Waals surface area contributed by atoms with Gasteiger partial charge in [0.15, 0.2) is 9.84 Å². The molecule has 0 radical (unpaired) electrons. The highest BCUT2D eigenvalue weighted by Crippen LogP contribution is 2.09. The van der Waals surface area contributed by atoms with Crippen LogP contribution in [-0.4, -0.2) is 75.4 Å². The lowest BCUT2D eigenvalue weighted by Gasteiger charge is -2.27. The normalized spacial score (nSPS) is 15.0. The van der Waals surface area contributed by atoms with Gasteiger partial charge >= 0.3 is 6.03 Å². The lowest BCUT2D eigenvalue weighted by atomic mass is 10.0. The molecule has 12 heteroatoms. The minimum Gasteiger partial charge on any atom is -0.379 e. The summed E-state index contributed by atoms with van der Waals surface area (Å²) in [5.41, 5.74) is 5.33. The Bertz CT molecular complexity index is 1530. The number of morpholine rings is 1. The van der Waals surface area contributed by atoms with Crippen LogP contribution in [0, 0.1) is 0 Å². The summed E-state index contributed by atoms with van der Waals surface area (Å²) in [4.78, 5) is 39.6. The smallest absolute Gasteiger partial charge is 0.336 e. The number of carbonyl (C=O) groups excluding carboxylic acids is 3. The van der Waals surface area contributed by atoms with Gasteiger partial charge in [-0.15, -0.1) is 0 Å². The number of benzene rings is 3. The molecule has 3 aromatic carbocycles. The van der Waals surface area contributed by atoms with Gasteiger partial charge in [0.1, 0.15) is 12.1 Å². The molecule has 4 N–H and O–H groups in total. The van der Waals surface area contributed by atoms with Gasteiger partial charge in [0.05, 0.1) is 19.0 Å². The monoisotopic (exact) mass is 647 g/mol. The van der Waals surface area contributed by atoms with Crippen LogP contribution in [0.2, 0.25) is 0 Å². The summed E-state index contributed by atoms with van der Waals surface area (Å²) in [7, 11) is -3.57. The van der Waals surface area contributed by atoms with E-state index in [2.05, 4.69) is 21.4 Å². The number of ether oxygens (including phenoxy) is 1. The SMILES string of the molecule is O=C(NC(=O)[C@H](Cc1ccccc1)NC(=O)[C@H](CCc1ccccc1)N/C=C/S(=O)(=O)CCc1ccccc1)NN1CCOCC1. The fraction of sp³-hybridized carbons (Fsp3) is 0.324. The molecule has 0 aromatic heterocycles. The molecule has 46 heavy (non-hydrogen) atoms. The van der Waals surface area contributed by atoms with Gasteiger partial charge in [-0.3, -0.25) is 20.3 Å². The fourth-order valence-corrected chi connectivity index (χ4v) is 5.80. The first-order chi connectivity index (χ1) is 22.3. The maximum Gasteiger partial charge on any atom is 0.336 e. The second kappa shape index (κ2) is 17.8. The summed E-state index contributed by atoms with van der Waals surface area (Å²) >= 11 is 0. The lowest BCUT2D eigenvalue weighted by Crippen LogP contribution is -2.57. The molecule has 4 amide bonds. The standard InChI is InChI=1S/C34H41N5O6S/c40-32(36-31(26-29-14-8-3-9-15-29)33(41)37-34(42)38-39-20-22-45-23-21-39)30(17-16-27-10-4-1-5-11-27)35-19-25-46(43,44)24-18-28-12-6-2-7-13-28/h1-15,19,25,30-31,35H,16-18,20-24,26H2,(H,36,40)(H2,37,38,41,42)/b25-19+/t30-,31-/m0/s1. The number of amides is 4. The molecule has 0 saturated carbocycles. The molecule has 1 aliphatic heterocycles. The molecule has 0 spiro atoms. The average Bonchev–Trinajstić information content (AvgIpc) is 3.07. The van der Waals surface area contributed by atoms with Crippen LogP contribution in [-0.2, 0) is 43.4 Å². The number of imide groups is 1. The van der Waals surface area contributed by atoms with Crippen molar-refractivity contribution < 1.29 is 27.5 Å². The van der Waals surface area contributed by atoms with Gasteiger partial charge in [0.25, 0.3) is 5.91 Å². The Morgan fingerprint density at radius 3 is 1.93 bits per heavy atom. The average molecular weight is 648 g/mol. The summed E-state index contributed by atoms with van der Waals surface area (Å²) < 4.78 is 30.7. The molecule has 3 aromatic rings. The van der Waals surface area contributed by atoms with E-state index < -0.39 is 39.8 Å². The molecule has 11 nitrogen and oxygen atoms in total. The van der Waals surface area contributed by atoms with E-state index in [4.69, 9.17) is 4.74 Å². The third-order valence-electron chi connectivity index (χ3n) is 7.39. The number of hydrazine groups is 1. The molecule has 0 unspecified atom stereocenters. The van der Waals surface area contributed by atoms with Crippen molar-refractivity contribution in [3.05, 3.63) is 119 Å². The van der Waals surface area contributed by atoms with Gasteiger partial charge in [-0.25, -0.2) is 18.2 Å². The van der Waals surface area contributed by atoms with Gasteiger partial charge in [-0.2, -0.15) is 0 Å². The number of urea groups is 1. The van der Waals surface area contributed by atoms with Crippen LogP contribution in [0.4, 0.5) is 4.79 Å². The summed E-state index contributed by atoms with van der Waals surface area (Å²) in [6, 6.07) is 25.4. The van der Waals surface area contributed by atoms with E-state index in [9.17, 15) is 22.8 Å². The Morgan fingerprint density at radius 2 is 1.33 bits per heavy atom. The highest BCUT2D eigenvalue weighted by atomic mass is 32.2. The van der Waals surface area contributed by atoms with Crippen molar-refractivity contribution in [3.63, 3.8) is 0 Å². The first-order valence-corrected chi connectivity index (χ1v) is 17.0. The highest BCUT2D eigenvalue weighted by Gasteiger charge is 2.27. The van der Waals surface area contributed by atoms with Crippen molar-refractivity contribution in [1.29, 1.82) is 0 Å². The summed E-state index contributed by atoms with van der Waals surface area (Å²) in [6.07, 6.45) is 2.62. The number of nitrogens with one attached hydrogen (secondary N) is 4. The number of aryl methyl sites for hydroxylation is 2. The van der Waals surface area contributed by atoms with Crippen LogP contribution in [0.1, 0.15) is 23.1 Å². The molecular formula is C34H41N5O6S.